The minimum atomic E-state index is 0.107. The van der Waals surface area contributed by atoms with E-state index in [0.29, 0.717) is 11.9 Å². The van der Waals surface area contributed by atoms with Gasteiger partial charge in [0.1, 0.15) is 5.01 Å². The number of rotatable bonds is 4. The predicted molar refractivity (Wildman–Crippen MR) is 72.9 cm³/mol. The first-order valence-electron chi connectivity index (χ1n) is 5.72. The van der Waals surface area contributed by atoms with Crippen molar-refractivity contribution in [2.24, 2.45) is 16.8 Å². The van der Waals surface area contributed by atoms with Gasteiger partial charge in [-0.3, -0.25) is 10.4 Å². The van der Waals surface area contributed by atoms with Crippen LogP contribution in [0.4, 0.5) is 0 Å². The van der Waals surface area contributed by atoms with E-state index in [0.717, 1.165) is 11.6 Å². The number of nitrogens with two attached hydrogens (primary N) is 1. The molecule has 0 radical (unpaired) electrons. The van der Waals surface area contributed by atoms with Crippen molar-refractivity contribution in [2.75, 3.05) is 6.54 Å². The fourth-order valence-corrected chi connectivity index (χ4v) is 2.02. The second kappa shape index (κ2) is 6.56. The van der Waals surface area contributed by atoms with Crippen molar-refractivity contribution < 1.29 is 0 Å². The van der Waals surface area contributed by atoms with Gasteiger partial charge in [-0.15, -0.1) is 11.3 Å². The molecule has 6 heteroatoms. The van der Waals surface area contributed by atoms with Crippen molar-refractivity contribution >= 4 is 17.3 Å². The first kappa shape index (κ1) is 13.9. The van der Waals surface area contributed by atoms with Crippen molar-refractivity contribution in [1.29, 1.82) is 0 Å². The van der Waals surface area contributed by atoms with Gasteiger partial charge >= 0.3 is 0 Å². The Morgan fingerprint density at radius 3 is 2.71 bits per heavy atom. The van der Waals surface area contributed by atoms with Gasteiger partial charge in [-0.1, -0.05) is 13.8 Å². The highest BCUT2D eigenvalue weighted by atomic mass is 32.1. The third-order valence-corrected chi connectivity index (χ3v) is 3.21. The number of aromatic nitrogens is 1. The van der Waals surface area contributed by atoms with Gasteiger partial charge in [-0.05, 0) is 19.8 Å². The Balaban J connectivity index is 2.59. The fraction of sp³-hybridized carbons (Fsp3) is 0.636. The van der Waals surface area contributed by atoms with Crippen LogP contribution in [-0.2, 0) is 0 Å². The molecule has 96 valence electrons. The molecule has 1 heterocycles. The Labute approximate surface area is 107 Å². The normalized spacial score (nSPS) is 13.9. The molecule has 1 unspecified atom stereocenters. The zero-order chi connectivity index (χ0) is 12.8. The summed E-state index contributed by atoms with van der Waals surface area (Å²) in [6.45, 7) is 9.07. The minimum absolute atomic E-state index is 0.107. The SMILES string of the molecule is Cc1cnc(C(C)NC(=NCC(C)C)NN)s1. The molecule has 0 aliphatic carbocycles. The molecule has 0 aliphatic rings. The maximum absolute atomic E-state index is 5.43. The molecule has 4 N–H and O–H groups in total. The zero-order valence-corrected chi connectivity index (χ0v) is 11.6. The van der Waals surface area contributed by atoms with E-state index in [1.54, 1.807) is 11.3 Å². The number of hydrazine groups is 1. The van der Waals surface area contributed by atoms with E-state index < -0.39 is 0 Å². The standard InChI is InChI=1S/C11H21N5S/c1-7(2)5-14-11(16-12)15-9(4)10-13-6-8(3)17-10/h6-7,9H,5,12H2,1-4H3,(H2,14,15,16). The third-order valence-electron chi connectivity index (χ3n) is 2.11. The number of aryl methyl sites for hydroxylation is 1. The summed E-state index contributed by atoms with van der Waals surface area (Å²) >= 11 is 1.68. The summed E-state index contributed by atoms with van der Waals surface area (Å²) in [6, 6.07) is 0.107. The van der Waals surface area contributed by atoms with Crippen molar-refractivity contribution in [3.05, 3.63) is 16.1 Å². The Hall–Kier alpha value is -1.14. The maximum atomic E-state index is 5.43. The first-order chi connectivity index (χ1) is 8.02. The maximum Gasteiger partial charge on any atom is 0.206 e. The van der Waals surface area contributed by atoms with E-state index in [-0.39, 0.29) is 6.04 Å². The van der Waals surface area contributed by atoms with Crippen molar-refractivity contribution in [3.8, 4) is 0 Å². The van der Waals surface area contributed by atoms with E-state index in [9.17, 15) is 0 Å². The quantitative estimate of drug-likeness (QED) is 0.330. The van der Waals surface area contributed by atoms with E-state index in [2.05, 4.69) is 34.6 Å². The van der Waals surface area contributed by atoms with Crippen LogP contribution in [0.2, 0.25) is 0 Å². The predicted octanol–water partition coefficient (Wildman–Crippen LogP) is 1.58. The molecule has 1 aromatic heterocycles. The molecule has 0 saturated carbocycles. The van der Waals surface area contributed by atoms with Crippen LogP contribution in [0.25, 0.3) is 0 Å². The number of aliphatic imine (C=N–C) groups is 1. The lowest BCUT2D eigenvalue weighted by atomic mass is 10.2. The van der Waals surface area contributed by atoms with Gasteiger partial charge in [0.2, 0.25) is 5.96 Å². The highest BCUT2D eigenvalue weighted by Gasteiger charge is 2.10. The average molecular weight is 255 g/mol. The molecule has 0 amide bonds. The Morgan fingerprint density at radius 2 is 2.24 bits per heavy atom. The lowest BCUT2D eigenvalue weighted by molar-refractivity contribution is 0.641. The third kappa shape index (κ3) is 4.70. The van der Waals surface area contributed by atoms with Gasteiger partial charge in [-0.2, -0.15) is 0 Å². The molecular formula is C11H21N5S. The zero-order valence-electron chi connectivity index (χ0n) is 10.8. The van der Waals surface area contributed by atoms with Gasteiger partial charge in [0.15, 0.2) is 0 Å². The Kier molecular flexibility index (Phi) is 5.37. The van der Waals surface area contributed by atoms with Crippen LogP contribution in [0.5, 0.6) is 0 Å². The van der Waals surface area contributed by atoms with Gasteiger partial charge in [0, 0.05) is 17.6 Å². The van der Waals surface area contributed by atoms with Gasteiger partial charge in [-0.25, -0.2) is 10.8 Å². The Bertz CT molecular complexity index is 372. The number of guanidine groups is 1. The molecule has 0 spiro atoms. The number of thiazole rings is 1. The molecule has 0 fully saturated rings. The second-order valence-corrected chi connectivity index (χ2v) is 5.67. The largest absolute Gasteiger partial charge is 0.346 e. The minimum Gasteiger partial charge on any atom is -0.346 e. The van der Waals surface area contributed by atoms with Crippen LogP contribution >= 0.6 is 11.3 Å². The lowest BCUT2D eigenvalue weighted by Crippen LogP contribution is -2.42. The summed E-state index contributed by atoms with van der Waals surface area (Å²) in [5, 5.41) is 4.25. The average Bonchev–Trinajstić information content (AvgIpc) is 2.70. The summed E-state index contributed by atoms with van der Waals surface area (Å²) in [7, 11) is 0. The van der Waals surface area contributed by atoms with E-state index in [1.807, 2.05) is 20.0 Å². The van der Waals surface area contributed by atoms with Gasteiger partial charge < -0.3 is 5.32 Å². The molecule has 0 aliphatic heterocycles. The molecule has 17 heavy (non-hydrogen) atoms. The van der Waals surface area contributed by atoms with Crippen molar-refractivity contribution in [1.82, 2.24) is 15.7 Å². The van der Waals surface area contributed by atoms with Gasteiger partial charge in [0.25, 0.3) is 0 Å². The molecule has 0 aromatic carbocycles. The summed E-state index contributed by atoms with van der Waals surface area (Å²) in [5.74, 6) is 6.55. The second-order valence-electron chi connectivity index (χ2n) is 4.40. The highest BCUT2D eigenvalue weighted by molar-refractivity contribution is 7.11. The number of nitrogens with zero attached hydrogens (tertiary/aromatic N) is 2. The summed E-state index contributed by atoms with van der Waals surface area (Å²) in [5.41, 5.74) is 2.58. The van der Waals surface area contributed by atoms with Gasteiger partial charge in [0.05, 0.1) is 6.04 Å². The number of hydrogen-bond acceptors (Lipinski definition) is 4. The van der Waals surface area contributed by atoms with E-state index in [1.165, 1.54) is 4.88 Å². The van der Waals surface area contributed by atoms with Crippen LogP contribution in [0, 0.1) is 12.8 Å². The number of nitrogens with one attached hydrogen (secondary N) is 2. The van der Waals surface area contributed by atoms with Crippen LogP contribution in [0.1, 0.15) is 36.7 Å². The van der Waals surface area contributed by atoms with Crippen LogP contribution in [0.3, 0.4) is 0 Å². The molecule has 5 nitrogen and oxygen atoms in total. The topological polar surface area (TPSA) is 75.3 Å². The van der Waals surface area contributed by atoms with Crippen LogP contribution < -0.4 is 16.6 Å². The number of hydrogen-bond donors (Lipinski definition) is 3. The van der Waals surface area contributed by atoms with E-state index in [4.69, 9.17) is 5.84 Å². The molecular weight excluding hydrogens is 234 g/mol. The first-order valence-corrected chi connectivity index (χ1v) is 6.54. The van der Waals surface area contributed by atoms with Crippen molar-refractivity contribution in [3.63, 3.8) is 0 Å². The lowest BCUT2D eigenvalue weighted by Gasteiger charge is -2.14. The smallest absolute Gasteiger partial charge is 0.206 e. The fourth-order valence-electron chi connectivity index (χ4n) is 1.25. The summed E-state index contributed by atoms with van der Waals surface area (Å²) < 4.78 is 0. The van der Waals surface area contributed by atoms with Crippen LogP contribution in [0.15, 0.2) is 11.2 Å². The van der Waals surface area contributed by atoms with E-state index >= 15 is 0 Å². The molecule has 1 rings (SSSR count). The monoisotopic (exact) mass is 255 g/mol. The summed E-state index contributed by atoms with van der Waals surface area (Å²) in [6.07, 6.45) is 1.87. The molecule has 1 aromatic rings. The van der Waals surface area contributed by atoms with Crippen LogP contribution in [-0.4, -0.2) is 17.5 Å². The molecule has 0 bridgehead atoms. The highest BCUT2D eigenvalue weighted by Crippen LogP contribution is 2.18. The molecule has 1 atom stereocenters. The Morgan fingerprint density at radius 1 is 1.53 bits per heavy atom. The van der Waals surface area contributed by atoms with Crippen molar-refractivity contribution in [2.45, 2.75) is 33.7 Å². The summed E-state index contributed by atoms with van der Waals surface area (Å²) in [4.78, 5) is 9.89. The molecule has 0 saturated heterocycles.